The second-order valence-corrected chi connectivity index (χ2v) is 4.75. The Labute approximate surface area is 106 Å². The lowest BCUT2D eigenvalue weighted by atomic mass is 10.8. The van der Waals surface area contributed by atoms with Crippen LogP contribution >= 0.6 is 30.9 Å². The number of halogens is 2. The molecular formula is C7H15Cl2N2O2P. The Balaban J connectivity index is 3.21. The Kier molecular flexibility index (Phi) is 2.41. The molecule has 1 N–H and O–H groups in total. The summed E-state index contributed by atoms with van der Waals surface area (Å²) in [6.45, 7) is -6.34. The molecule has 14 heavy (non-hydrogen) atoms. The van der Waals surface area contributed by atoms with E-state index in [1.54, 1.807) is 5.09 Å². The molecule has 1 aliphatic rings. The van der Waals surface area contributed by atoms with Crippen molar-refractivity contribution in [3.05, 3.63) is 0 Å². The van der Waals surface area contributed by atoms with Crippen LogP contribution in [0.1, 0.15) is 17.4 Å². The van der Waals surface area contributed by atoms with Gasteiger partial charge in [0.15, 0.2) is 0 Å². The van der Waals surface area contributed by atoms with Gasteiger partial charge >= 0.3 is 7.67 Å². The number of alkyl halides is 2. The van der Waals surface area contributed by atoms with Crippen molar-refractivity contribution in [1.29, 1.82) is 0 Å². The molecule has 0 aliphatic carbocycles. The highest BCUT2D eigenvalue weighted by atomic mass is 35.5. The number of nitrogens with one attached hydrogen (secondary N) is 1. The van der Waals surface area contributed by atoms with Gasteiger partial charge in [-0.25, -0.2) is 9.76 Å². The van der Waals surface area contributed by atoms with Gasteiger partial charge in [-0.1, -0.05) is 0 Å². The van der Waals surface area contributed by atoms with E-state index in [0.29, 0.717) is 4.67 Å². The molecule has 0 aromatic carbocycles. The number of hydrogen-bond acceptors (Lipinski definition) is 2. The van der Waals surface area contributed by atoms with Gasteiger partial charge in [-0.05, 0) is 6.42 Å². The molecule has 84 valence electrons. The van der Waals surface area contributed by atoms with Crippen LogP contribution < -0.4 is 5.09 Å². The van der Waals surface area contributed by atoms with Gasteiger partial charge in [-0.3, -0.25) is 4.57 Å². The summed E-state index contributed by atoms with van der Waals surface area (Å²) in [6, 6.07) is 0. The van der Waals surface area contributed by atoms with E-state index in [1.165, 1.54) is 0 Å². The first-order chi connectivity index (χ1) is 9.55. The Hall–Kier alpha value is 0.690. The van der Waals surface area contributed by atoms with Gasteiger partial charge < -0.3 is 4.52 Å². The standard InChI is InChI=1S/C7H15Cl2N2O2P/c8-2-4-10-14(12)11(6-3-9)5-1-7-13-14/h1-7H2,(H,10,12)/i1+1,2D2,3D2,4D2,5+1,6D2,7+1. The van der Waals surface area contributed by atoms with E-state index in [2.05, 4.69) is 0 Å². The van der Waals surface area contributed by atoms with Crippen LogP contribution in [0.15, 0.2) is 0 Å². The maximum absolute atomic E-state index is 12.8. The second kappa shape index (κ2) is 6.31. The fourth-order valence-corrected chi connectivity index (χ4v) is 2.72. The quantitative estimate of drug-likeness (QED) is 0.471. The van der Waals surface area contributed by atoms with Gasteiger partial charge in [-0.2, -0.15) is 0 Å². The van der Waals surface area contributed by atoms with Crippen molar-refractivity contribution in [3.8, 4) is 0 Å². The van der Waals surface area contributed by atoms with Crippen LogP contribution in [0.4, 0.5) is 0 Å². The van der Waals surface area contributed by atoms with Crippen molar-refractivity contribution in [2.24, 2.45) is 0 Å². The molecule has 1 saturated heterocycles. The molecule has 0 spiro atoms. The van der Waals surface area contributed by atoms with Crippen LogP contribution in [-0.2, 0) is 9.09 Å². The first-order valence-electron chi connectivity index (χ1n) is 7.75. The normalized spacial score (nSPS) is 41.9. The highest BCUT2D eigenvalue weighted by Crippen LogP contribution is 2.48. The highest BCUT2D eigenvalue weighted by Gasteiger charge is 2.33. The van der Waals surface area contributed by atoms with Crippen LogP contribution in [0.3, 0.4) is 0 Å². The molecule has 0 saturated carbocycles. The van der Waals surface area contributed by atoms with Crippen molar-refractivity contribution < 1.29 is 20.1 Å². The smallest absolute Gasteiger partial charge is 0.306 e. The van der Waals surface area contributed by atoms with Gasteiger partial charge in [0.2, 0.25) is 0 Å². The zero-order valence-corrected chi connectivity index (χ0v) is 9.49. The average Bonchev–Trinajstić information content (AvgIpc) is 2.24. The number of hydrogen-bond donors (Lipinski definition) is 1. The molecule has 0 aromatic heterocycles. The molecule has 0 radical (unpaired) electrons. The minimum absolute atomic E-state index is 0.108. The molecule has 0 aromatic rings. The van der Waals surface area contributed by atoms with Crippen LogP contribution in [-0.4, -0.2) is 42.5 Å². The average molecular weight is 272 g/mol. The minimum atomic E-state index is -4.48. The van der Waals surface area contributed by atoms with E-state index in [-0.39, 0.29) is 19.6 Å². The van der Waals surface area contributed by atoms with Gasteiger partial charge in [0.05, 0.1) is 6.61 Å². The van der Waals surface area contributed by atoms with Crippen LogP contribution in [0.25, 0.3) is 0 Å². The van der Waals surface area contributed by atoms with Crippen molar-refractivity contribution in [2.75, 3.05) is 37.8 Å². The van der Waals surface area contributed by atoms with E-state index < -0.39 is 32.3 Å². The fourth-order valence-electron chi connectivity index (χ4n) is 0.959. The Morgan fingerprint density at radius 2 is 2.36 bits per heavy atom. The topological polar surface area (TPSA) is 41.6 Å². The fraction of sp³-hybridized carbons (Fsp3) is 1.00. The summed E-state index contributed by atoms with van der Waals surface area (Å²) in [5.74, 6) is -5.92. The third kappa shape index (κ3) is 3.37. The Morgan fingerprint density at radius 1 is 1.57 bits per heavy atom. The SMILES string of the molecule is [2H]C([2H])(Cl)C([2H])([2H])NP1(=O)O[13CH2][13CH2][13CH2]N1C([2H])([2H])C([2H])([2H])Cl. The summed E-state index contributed by atoms with van der Waals surface area (Å²) in [4.78, 5) is 0. The van der Waals surface area contributed by atoms with Gasteiger partial charge in [0.25, 0.3) is 0 Å². The van der Waals surface area contributed by atoms with Crippen molar-refractivity contribution in [2.45, 2.75) is 6.42 Å². The lowest BCUT2D eigenvalue weighted by Crippen LogP contribution is -2.36. The number of nitrogens with zero attached hydrogens (tertiary/aromatic N) is 1. The molecule has 1 fully saturated rings. The molecule has 1 heterocycles. The second-order valence-electron chi connectivity index (χ2n) is 2.37. The molecule has 7 heteroatoms. The van der Waals surface area contributed by atoms with Gasteiger partial charge in [0, 0.05) is 42.2 Å². The molecule has 1 rings (SSSR count). The maximum Gasteiger partial charge on any atom is 0.343 e. The predicted molar refractivity (Wildman–Crippen MR) is 59.2 cm³/mol. The summed E-state index contributed by atoms with van der Waals surface area (Å²) in [7, 11) is -4.48. The van der Waals surface area contributed by atoms with E-state index >= 15 is 0 Å². The first-order valence-corrected chi connectivity index (χ1v) is 6.08. The summed E-state index contributed by atoms with van der Waals surface area (Å²) >= 11 is 10.6. The van der Waals surface area contributed by atoms with Gasteiger partial charge in [0.1, 0.15) is 0 Å². The lowest BCUT2D eigenvalue weighted by Gasteiger charge is -2.34. The number of rotatable bonds is 5. The summed E-state index contributed by atoms with van der Waals surface area (Å²) < 4.78 is 77.7. The molecule has 0 amide bonds. The molecule has 4 nitrogen and oxygen atoms in total. The minimum Gasteiger partial charge on any atom is -0.306 e. The third-order valence-corrected chi connectivity index (χ3v) is 3.56. The summed E-state index contributed by atoms with van der Waals surface area (Å²) in [6.07, 6.45) is 0.203. The van der Waals surface area contributed by atoms with Gasteiger partial charge in [-0.15, -0.1) is 23.2 Å². The predicted octanol–water partition coefficient (Wildman–Crippen LogP) is 1.88. The first kappa shape index (κ1) is 5.35. The zero-order valence-electron chi connectivity index (χ0n) is 15.1. The maximum atomic E-state index is 12.8. The molecule has 0 bridgehead atoms. The van der Waals surface area contributed by atoms with E-state index in [0.717, 1.165) is 0 Å². The van der Waals surface area contributed by atoms with Crippen molar-refractivity contribution in [3.63, 3.8) is 0 Å². The van der Waals surface area contributed by atoms with E-state index in [4.69, 9.17) is 38.7 Å². The monoisotopic (exact) mass is 271 g/mol. The largest absolute Gasteiger partial charge is 0.343 e. The van der Waals surface area contributed by atoms with Crippen LogP contribution in [0.5, 0.6) is 0 Å². The van der Waals surface area contributed by atoms with Crippen molar-refractivity contribution in [1.82, 2.24) is 9.76 Å². The summed E-state index contributed by atoms with van der Waals surface area (Å²) in [5, 5.41) is 1.76. The summed E-state index contributed by atoms with van der Waals surface area (Å²) in [5.41, 5.74) is 0. The zero-order chi connectivity index (χ0) is 17.6. The molecule has 1 atom stereocenters. The highest BCUT2D eigenvalue weighted by molar-refractivity contribution is 7.54. The van der Waals surface area contributed by atoms with Crippen molar-refractivity contribution >= 4 is 30.9 Å². The molecular weight excluding hydrogens is 249 g/mol. The lowest BCUT2D eigenvalue weighted by molar-refractivity contribution is 0.203. The Morgan fingerprint density at radius 3 is 3.00 bits per heavy atom. The molecule has 1 aliphatic heterocycles. The molecule has 1 unspecified atom stereocenters. The van der Waals surface area contributed by atoms with Crippen LogP contribution in [0.2, 0.25) is 0 Å². The Bertz CT molecular complexity index is 468. The van der Waals surface area contributed by atoms with E-state index in [1.807, 2.05) is 0 Å². The third-order valence-electron chi connectivity index (χ3n) is 1.51. The van der Waals surface area contributed by atoms with E-state index in [9.17, 15) is 4.57 Å². The van der Waals surface area contributed by atoms with Crippen LogP contribution in [0, 0.1) is 0 Å².